The second kappa shape index (κ2) is 5.81. The molecule has 1 N–H and O–H groups in total. The molecule has 0 radical (unpaired) electrons. The molecule has 1 aromatic heterocycles. The number of hydrogen-bond acceptors (Lipinski definition) is 2. The molecule has 1 heterocycles. The highest BCUT2D eigenvalue weighted by Crippen LogP contribution is 2.23. The minimum Gasteiger partial charge on any atom is -0.380 e. The summed E-state index contributed by atoms with van der Waals surface area (Å²) < 4.78 is 0.794. The molecular weight excluding hydrogens is 336 g/mol. The third kappa shape index (κ3) is 2.94. The van der Waals surface area contributed by atoms with Crippen LogP contribution in [0.1, 0.15) is 5.56 Å². The Morgan fingerprint density at radius 1 is 1.05 bits per heavy atom. The summed E-state index contributed by atoms with van der Waals surface area (Å²) in [4.78, 5) is 4.10. The zero-order valence-corrected chi connectivity index (χ0v) is 12.9. The van der Waals surface area contributed by atoms with E-state index in [9.17, 15) is 0 Å². The quantitative estimate of drug-likeness (QED) is 0.653. The van der Waals surface area contributed by atoms with E-state index < -0.39 is 0 Å². The topological polar surface area (TPSA) is 24.9 Å². The molecule has 0 unspecified atom stereocenters. The summed E-state index contributed by atoms with van der Waals surface area (Å²) >= 11 is 9.25. The molecule has 4 heteroatoms. The van der Waals surface area contributed by atoms with Gasteiger partial charge in [0, 0.05) is 6.54 Å². The number of halogens is 2. The van der Waals surface area contributed by atoms with Crippen LogP contribution in [0.15, 0.2) is 59.2 Å². The smallest absolute Gasteiger partial charge is 0.143 e. The molecule has 0 aliphatic heterocycles. The van der Waals surface area contributed by atoms with Crippen molar-refractivity contribution in [3.8, 4) is 0 Å². The van der Waals surface area contributed by atoms with Gasteiger partial charge in [-0.25, -0.2) is 4.98 Å². The molecule has 0 atom stereocenters. The molecular formula is C16H12BrClN2. The van der Waals surface area contributed by atoms with Gasteiger partial charge in [-0.15, -0.1) is 0 Å². The Hall–Kier alpha value is -1.58. The third-order valence-corrected chi connectivity index (χ3v) is 4.24. The number of aromatic nitrogens is 1. The maximum Gasteiger partial charge on any atom is 0.143 e. The van der Waals surface area contributed by atoms with Crippen molar-refractivity contribution in [2.75, 3.05) is 5.32 Å². The van der Waals surface area contributed by atoms with E-state index in [0.29, 0.717) is 5.15 Å². The molecule has 2 aromatic carbocycles. The number of anilines is 1. The first-order valence-electron chi connectivity index (χ1n) is 6.25. The summed E-state index contributed by atoms with van der Waals surface area (Å²) in [6.45, 7) is 0.751. The first-order valence-corrected chi connectivity index (χ1v) is 7.42. The van der Waals surface area contributed by atoms with Crippen LogP contribution in [0.4, 0.5) is 5.69 Å². The van der Waals surface area contributed by atoms with Crippen LogP contribution in [0.5, 0.6) is 0 Å². The summed E-state index contributed by atoms with van der Waals surface area (Å²) in [6.07, 6.45) is 1.73. The van der Waals surface area contributed by atoms with Crippen molar-refractivity contribution >= 4 is 44.0 Å². The van der Waals surface area contributed by atoms with Crippen LogP contribution in [-0.4, -0.2) is 4.98 Å². The number of fused-ring (bicyclic) bond motifs is 1. The molecule has 0 aliphatic carbocycles. The monoisotopic (exact) mass is 346 g/mol. The van der Waals surface area contributed by atoms with Gasteiger partial charge in [-0.1, -0.05) is 48.0 Å². The number of nitrogens with zero attached hydrogens (tertiary/aromatic N) is 1. The largest absolute Gasteiger partial charge is 0.380 e. The normalized spacial score (nSPS) is 10.7. The minimum atomic E-state index is 0.473. The zero-order valence-electron chi connectivity index (χ0n) is 10.6. The van der Waals surface area contributed by atoms with Gasteiger partial charge in [0.2, 0.25) is 0 Å². The van der Waals surface area contributed by atoms with Gasteiger partial charge in [0.15, 0.2) is 0 Å². The molecule has 0 aliphatic rings. The van der Waals surface area contributed by atoms with E-state index in [1.54, 1.807) is 6.20 Å². The van der Waals surface area contributed by atoms with Gasteiger partial charge in [-0.3, -0.25) is 0 Å². The van der Waals surface area contributed by atoms with Crippen molar-refractivity contribution in [1.29, 1.82) is 0 Å². The van der Waals surface area contributed by atoms with Crippen LogP contribution >= 0.6 is 27.5 Å². The van der Waals surface area contributed by atoms with Crippen molar-refractivity contribution < 1.29 is 0 Å². The second-order valence-electron chi connectivity index (χ2n) is 4.53. The zero-order chi connectivity index (χ0) is 13.9. The average Bonchev–Trinajstić information content (AvgIpc) is 2.48. The van der Waals surface area contributed by atoms with E-state index in [4.69, 9.17) is 11.6 Å². The molecule has 3 aromatic rings. The maximum absolute atomic E-state index is 5.88. The average molecular weight is 348 g/mol. The van der Waals surface area contributed by atoms with Crippen molar-refractivity contribution in [1.82, 2.24) is 4.98 Å². The lowest BCUT2D eigenvalue weighted by molar-refractivity contribution is 1.14. The molecule has 0 saturated heterocycles. The van der Waals surface area contributed by atoms with Crippen molar-refractivity contribution in [3.63, 3.8) is 0 Å². The highest BCUT2D eigenvalue weighted by Gasteiger charge is 2.01. The fourth-order valence-corrected chi connectivity index (χ4v) is 2.52. The summed E-state index contributed by atoms with van der Waals surface area (Å²) in [5, 5.41) is 6.32. The Morgan fingerprint density at radius 3 is 2.65 bits per heavy atom. The van der Waals surface area contributed by atoms with Crippen LogP contribution in [0.2, 0.25) is 5.15 Å². The lowest BCUT2D eigenvalue weighted by atomic mass is 10.1. The van der Waals surface area contributed by atoms with Gasteiger partial charge in [-0.05, 0) is 44.4 Å². The molecule has 0 bridgehead atoms. The molecule has 20 heavy (non-hydrogen) atoms. The van der Waals surface area contributed by atoms with Crippen molar-refractivity contribution in [3.05, 3.63) is 69.9 Å². The summed E-state index contributed by atoms with van der Waals surface area (Å²) in [5.74, 6) is 0. The Balaban J connectivity index is 1.77. The molecule has 2 nitrogen and oxygen atoms in total. The number of hydrogen-bond donors (Lipinski definition) is 1. The fraction of sp³-hybridized carbons (Fsp3) is 0.0625. The SMILES string of the molecule is Clc1ncc(NCc2ccc3ccccc3c2)cc1Br. The fourth-order valence-electron chi connectivity index (χ4n) is 2.07. The molecule has 0 amide bonds. The first-order chi connectivity index (χ1) is 9.72. The van der Waals surface area contributed by atoms with Crippen LogP contribution in [0, 0.1) is 0 Å². The van der Waals surface area contributed by atoms with Gasteiger partial charge in [0.1, 0.15) is 5.15 Å². The second-order valence-corrected chi connectivity index (χ2v) is 5.74. The van der Waals surface area contributed by atoms with E-state index in [1.807, 2.05) is 6.07 Å². The van der Waals surface area contributed by atoms with Crippen molar-refractivity contribution in [2.45, 2.75) is 6.54 Å². The summed E-state index contributed by atoms with van der Waals surface area (Å²) in [6, 6.07) is 16.7. The van der Waals surface area contributed by atoms with E-state index >= 15 is 0 Å². The van der Waals surface area contributed by atoms with E-state index in [2.05, 4.69) is 68.7 Å². The molecule has 100 valence electrons. The van der Waals surface area contributed by atoms with Crippen LogP contribution in [0.3, 0.4) is 0 Å². The number of nitrogens with one attached hydrogen (secondary N) is 1. The van der Waals surface area contributed by atoms with Crippen LogP contribution < -0.4 is 5.32 Å². The highest BCUT2D eigenvalue weighted by molar-refractivity contribution is 9.10. The van der Waals surface area contributed by atoms with Gasteiger partial charge in [0.05, 0.1) is 16.4 Å². The van der Waals surface area contributed by atoms with E-state index in [0.717, 1.165) is 16.7 Å². The Bertz CT molecular complexity index is 758. The van der Waals surface area contributed by atoms with Gasteiger partial charge in [-0.2, -0.15) is 0 Å². The predicted molar refractivity (Wildman–Crippen MR) is 88.2 cm³/mol. The van der Waals surface area contributed by atoms with Gasteiger partial charge < -0.3 is 5.32 Å². The molecule has 3 rings (SSSR count). The van der Waals surface area contributed by atoms with Crippen molar-refractivity contribution in [2.24, 2.45) is 0 Å². The standard InChI is InChI=1S/C16H12BrClN2/c17-15-8-14(10-20-16(15)18)19-9-11-5-6-12-3-1-2-4-13(12)7-11/h1-8,10,19H,9H2. The molecule has 0 spiro atoms. The van der Waals surface area contributed by atoms with E-state index in [-0.39, 0.29) is 0 Å². The lowest BCUT2D eigenvalue weighted by Crippen LogP contribution is -1.99. The molecule has 0 saturated carbocycles. The van der Waals surface area contributed by atoms with Crippen LogP contribution in [0.25, 0.3) is 10.8 Å². The van der Waals surface area contributed by atoms with E-state index in [1.165, 1.54) is 16.3 Å². The number of rotatable bonds is 3. The minimum absolute atomic E-state index is 0.473. The first kappa shape index (κ1) is 13.4. The number of pyridine rings is 1. The summed E-state index contributed by atoms with van der Waals surface area (Å²) in [7, 11) is 0. The Morgan fingerprint density at radius 2 is 1.85 bits per heavy atom. The number of benzene rings is 2. The predicted octanol–water partition coefficient (Wildman–Crippen LogP) is 5.26. The van der Waals surface area contributed by atoms with Crippen LogP contribution in [-0.2, 0) is 6.54 Å². The Labute approximate surface area is 130 Å². The lowest BCUT2D eigenvalue weighted by Gasteiger charge is -2.08. The highest BCUT2D eigenvalue weighted by atomic mass is 79.9. The van der Waals surface area contributed by atoms with Gasteiger partial charge >= 0.3 is 0 Å². The summed E-state index contributed by atoms with van der Waals surface area (Å²) in [5.41, 5.74) is 2.17. The molecule has 0 fully saturated rings. The van der Waals surface area contributed by atoms with Gasteiger partial charge in [0.25, 0.3) is 0 Å². The third-order valence-electron chi connectivity index (χ3n) is 3.11. The maximum atomic E-state index is 5.88. The Kier molecular flexibility index (Phi) is 3.90.